The van der Waals surface area contributed by atoms with Gasteiger partial charge in [0.05, 0.1) is 5.25 Å². The first kappa shape index (κ1) is 19.3. The molecule has 136 valence electrons. The van der Waals surface area contributed by atoms with Crippen LogP contribution < -0.4 is 9.47 Å². The zero-order chi connectivity index (χ0) is 18.8. The Balaban J connectivity index is 2.46. The molecular formula is C15H13ClF3NO4S. The first-order valence-electron chi connectivity index (χ1n) is 6.93. The highest BCUT2D eigenvalue weighted by Gasteiger charge is 2.35. The van der Waals surface area contributed by atoms with E-state index in [0.717, 1.165) is 18.3 Å². The number of nitrogens with zero attached hydrogens (tertiary/aromatic N) is 1. The zero-order valence-electron chi connectivity index (χ0n) is 12.8. The van der Waals surface area contributed by atoms with E-state index in [1.807, 2.05) is 0 Å². The van der Waals surface area contributed by atoms with Crippen molar-refractivity contribution in [2.24, 2.45) is 0 Å². The van der Waals surface area contributed by atoms with E-state index < -0.39 is 32.9 Å². The molecular weight excluding hydrogens is 383 g/mol. The molecule has 2 rings (SSSR count). The fourth-order valence-corrected chi connectivity index (χ4v) is 3.75. The maximum absolute atomic E-state index is 12.7. The van der Waals surface area contributed by atoms with Gasteiger partial charge >= 0.3 is 11.2 Å². The van der Waals surface area contributed by atoms with Crippen LogP contribution in [0, 0.1) is 5.21 Å². The van der Waals surface area contributed by atoms with Crippen molar-refractivity contribution in [1.82, 2.24) is 0 Å². The van der Waals surface area contributed by atoms with Gasteiger partial charge in [-0.05, 0) is 31.2 Å². The number of ether oxygens (including phenoxy) is 1. The minimum Gasteiger partial charge on any atom is -0.618 e. The lowest BCUT2D eigenvalue weighted by Gasteiger charge is -2.18. The number of halogens is 4. The van der Waals surface area contributed by atoms with E-state index in [0.29, 0.717) is 0 Å². The minimum atomic E-state index is -4.59. The Bertz CT molecular complexity index is 871. The second-order valence-corrected chi connectivity index (χ2v) is 7.79. The summed E-state index contributed by atoms with van der Waals surface area (Å²) < 4.78 is 67.4. The molecule has 10 heteroatoms. The molecule has 0 aliphatic carbocycles. The van der Waals surface area contributed by atoms with Gasteiger partial charge in [-0.15, -0.1) is 0 Å². The number of aromatic nitrogens is 1. The number of sulfone groups is 1. The maximum Gasteiger partial charge on any atom is 0.422 e. The topological polar surface area (TPSA) is 70.3 Å². The van der Waals surface area contributed by atoms with Crippen LogP contribution in [-0.4, -0.2) is 21.2 Å². The highest BCUT2D eigenvalue weighted by molar-refractivity contribution is 7.91. The van der Waals surface area contributed by atoms with E-state index in [2.05, 4.69) is 0 Å². The van der Waals surface area contributed by atoms with Crippen molar-refractivity contribution >= 4 is 21.4 Å². The summed E-state index contributed by atoms with van der Waals surface area (Å²) >= 11 is 5.84. The van der Waals surface area contributed by atoms with Crippen LogP contribution in [0.4, 0.5) is 13.2 Å². The van der Waals surface area contributed by atoms with Gasteiger partial charge in [0.2, 0.25) is 9.84 Å². The Kier molecular flexibility index (Phi) is 5.48. The molecule has 0 saturated carbocycles. The van der Waals surface area contributed by atoms with Crippen LogP contribution in [0.2, 0.25) is 5.02 Å². The average Bonchev–Trinajstić information content (AvgIpc) is 2.52. The molecule has 1 aromatic carbocycles. The van der Waals surface area contributed by atoms with Gasteiger partial charge < -0.3 is 9.94 Å². The van der Waals surface area contributed by atoms with E-state index in [9.17, 15) is 26.8 Å². The first-order chi connectivity index (χ1) is 11.5. The molecule has 0 radical (unpaired) electrons. The summed E-state index contributed by atoms with van der Waals surface area (Å²) in [6.07, 6.45) is -3.57. The van der Waals surface area contributed by atoms with Crippen molar-refractivity contribution in [3.05, 3.63) is 58.4 Å². The number of rotatable bonds is 5. The van der Waals surface area contributed by atoms with Gasteiger partial charge in [-0.3, -0.25) is 0 Å². The van der Waals surface area contributed by atoms with Gasteiger partial charge in [-0.1, -0.05) is 11.6 Å². The van der Waals surface area contributed by atoms with E-state index >= 15 is 0 Å². The molecule has 0 aliphatic heterocycles. The van der Waals surface area contributed by atoms with Gasteiger partial charge in [0.25, 0.3) is 0 Å². The normalized spacial score (nSPS) is 13.5. The molecule has 1 unspecified atom stereocenters. The van der Waals surface area contributed by atoms with Gasteiger partial charge in [0.15, 0.2) is 12.8 Å². The molecule has 5 nitrogen and oxygen atoms in total. The van der Waals surface area contributed by atoms with Crippen molar-refractivity contribution in [2.75, 3.05) is 6.61 Å². The smallest absolute Gasteiger partial charge is 0.422 e. The molecule has 0 spiro atoms. The number of hydrogen-bond acceptors (Lipinski definition) is 4. The summed E-state index contributed by atoms with van der Waals surface area (Å²) in [4.78, 5) is 0. The SMILES string of the molecule is CC(c1cc(Cl)ccc1OCC(F)(F)F)S(=O)(=O)c1cccc[n+]1[O-]. The number of hydrogen-bond donors (Lipinski definition) is 0. The second kappa shape index (κ2) is 7.09. The number of benzene rings is 1. The van der Waals surface area contributed by atoms with E-state index in [1.54, 1.807) is 0 Å². The molecule has 0 fully saturated rings. The standard InChI is InChI=1S/C15H13ClF3NO4S/c1-10(25(22,23)14-4-2-3-7-20(14)21)12-8-11(16)5-6-13(12)24-9-15(17,18)19/h2-8,10H,9H2,1H3. The Morgan fingerprint density at radius 3 is 2.56 bits per heavy atom. The molecule has 0 bridgehead atoms. The van der Waals surface area contributed by atoms with Gasteiger partial charge in [-0.25, -0.2) is 8.42 Å². The second-order valence-electron chi connectivity index (χ2n) is 5.14. The van der Waals surface area contributed by atoms with Crippen LogP contribution in [-0.2, 0) is 9.84 Å². The van der Waals surface area contributed by atoms with Crippen LogP contribution in [0.3, 0.4) is 0 Å². The first-order valence-corrected chi connectivity index (χ1v) is 8.86. The fraction of sp³-hybridized carbons (Fsp3) is 0.267. The molecule has 1 aromatic heterocycles. The van der Waals surface area contributed by atoms with E-state index in [4.69, 9.17) is 16.3 Å². The molecule has 0 saturated heterocycles. The predicted molar refractivity (Wildman–Crippen MR) is 84.0 cm³/mol. The zero-order valence-corrected chi connectivity index (χ0v) is 14.4. The van der Waals surface area contributed by atoms with Crippen LogP contribution in [0.1, 0.15) is 17.7 Å². The van der Waals surface area contributed by atoms with Gasteiger partial charge in [0.1, 0.15) is 5.75 Å². The van der Waals surface area contributed by atoms with Gasteiger partial charge in [0, 0.05) is 22.7 Å². The Labute approximate surface area is 147 Å². The third-order valence-electron chi connectivity index (χ3n) is 3.35. The highest BCUT2D eigenvalue weighted by atomic mass is 35.5. The molecule has 1 heterocycles. The Hall–Kier alpha value is -2.00. The van der Waals surface area contributed by atoms with Crippen LogP contribution in [0.15, 0.2) is 47.6 Å². The van der Waals surface area contributed by atoms with Crippen molar-refractivity contribution in [1.29, 1.82) is 0 Å². The third kappa shape index (κ3) is 4.55. The summed E-state index contributed by atoms with van der Waals surface area (Å²) in [6.45, 7) is -0.338. The lowest BCUT2D eigenvalue weighted by molar-refractivity contribution is -0.646. The quantitative estimate of drug-likeness (QED) is 0.574. The summed E-state index contributed by atoms with van der Waals surface area (Å²) in [5.74, 6) is -0.272. The number of alkyl halides is 3. The lowest BCUT2D eigenvalue weighted by atomic mass is 10.1. The maximum atomic E-state index is 12.7. The van der Waals surface area contributed by atoms with Crippen molar-refractivity contribution in [2.45, 2.75) is 23.4 Å². The fourth-order valence-electron chi connectivity index (χ4n) is 2.11. The molecule has 0 amide bonds. The molecule has 25 heavy (non-hydrogen) atoms. The van der Waals surface area contributed by atoms with E-state index in [-0.39, 0.29) is 21.1 Å². The molecule has 0 aliphatic rings. The minimum absolute atomic E-state index is 0.0689. The van der Waals surface area contributed by atoms with Crippen molar-refractivity contribution in [3.8, 4) is 5.75 Å². The highest BCUT2D eigenvalue weighted by Crippen LogP contribution is 2.35. The summed E-state index contributed by atoms with van der Waals surface area (Å²) in [7, 11) is -4.19. The Morgan fingerprint density at radius 2 is 1.96 bits per heavy atom. The molecule has 2 aromatic rings. The average molecular weight is 396 g/mol. The van der Waals surface area contributed by atoms with Crippen LogP contribution in [0.25, 0.3) is 0 Å². The van der Waals surface area contributed by atoms with Crippen molar-refractivity contribution in [3.63, 3.8) is 0 Å². The van der Waals surface area contributed by atoms with Gasteiger partial charge in [-0.2, -0.15) is 17.9 Å². The van der Waals surface area contributed by atoms with Crippen molar-refractivity contribution < 1.29 is 31.1 Å². The van der Waals surface area contributed by atoms with Crippen LogP contribution in [0.5, 0.6) is 5.75 Å². The monoisotopic (exact) mass is 395 g/mol. The summed E-state index contributed by atoms with van der Waals surface area (Å²) in [6, 6.07) is 7.48. The lowest BCUT2D eigenvalue weighted by Crippen LogP contribution is -2.34. The Morgan fingerprint density at radius 1 is 1.28 bits per heavy atom. The predicted octanol–water partition coefficient (Wildman–Crippen LogP) is 3.45. The molecule has 1 atom stereocenters. The number of pyridine rings is 1. The third-order valence-corrected chi connectivity index (χ3v) is 5.67. The molecule has 0 N–H and O–H groups in total. The largest absolute Gasteiger partial charge is 0.618 e. The van der Waals surface area contributed by atoms with E-state index in [1.165, 1.54) is 31.2 Å². The van der Waals surface area contributed by atoms with Crippen LogP contribution >= 0.6 is 11.6 Å². The summed E-state index contributed by atoms with van der Waals surface area (Å²) in [5.41, 5.74) is -0.0689. The summed E-state index contributed by atoms with van der Waals surface area (Å²) in [5, 5.41) is 9.99.